The van der Waals surface area contributed by atoms with E-state index in [4.69, 9.17) is 0 Å². The second-order valence-corrected chi connectivity index (χ2v) is 12.8. The Morgan fingerprint density at radius 1 is 1.02 bits per heavy atom. The number of carbonyl (C=O) groups is 1. The molecule has 2 fully saturated rings. The fourth-order valence-electron chi connectivity index (χ4n) is 5.94. The zero-order valence-corrected chi connectivity index (χ0v) is 23.1. The maximum Gasteiger partial charge on any atom is 0.416 e. The molecular weight excluding hydrogens is 543 g/mol. The molecular formula is C29H32F3N3O4S. The smallest absolute Gasteiger partial charge is 0.416 e. The van der Waals surface area contributed by atoms with Gasteiger partial charge in [-0.15, -0.1) is 0 Å². The number of hydrogen-bond acceptors (Lipinski definition) is 6. The van der Waals surface area contributed by atoms with Gasteiger partial charge in [-0.25, -0.2) is 18.2 Å². The summed E-state index contributed by atoms with van der Waals surface area (Å²) in [5.74, 6) is -1.24. The van der Waals surface area contributed by atoms with E-state index in [0.29, 0.717) is 11.6 Å². The maximum atomic E-state index is 13.6. The molecule has 0 spiro atoms. The molecule has 2 aromatic carbocycles. The lowest BCUT2D eigenvalue weighted by molar-refractivity contribution is -0.137. The normalized spacial score (nSPS) is 18.3. The van der Waals surface area contributed by atoms with Crippen LogP contribution in [0.4, 0.5) is 13.2 Å². The minimum Gasteiger partial charge on any atom is -0.478 e. The van der Waals surface area contributed by atoms with E-state index in [-0.39, 0.29) is 39.2 Å². The van der Waals surface area contributed by atoms with Crippen molar-refractivity contribution < 1.29 is 31.5 Å². The third-order valence-electron chi connectivity index (χ3n) is 8.01. The van der Waals surface area contributed by atoms with E-state index in [1.807, 2.05) is 0 Å². The Bertz CT molecular complexity index is 1530. The van der Waals surface area contributed by atoms with E-state index in [1.165, 1.54) is 49.6 Å². The van der Waals surface area contributed by atoms with Gasteiger partial charge in [0.05, 0.1) is 27.2 Å². The van der Waals surface area contributed by atoms with Gasteiger partial charge in [0.1, 0.15) is 0 Å². The Hall–Kier alpha value is -3.02. The first kappa shape index (κ1) is 28.5. The molecule has 0 aliphatic carbocycles. The average Bonchev–Trinajstić information content (AvgIpc) is 2.92. The third kappa shape index (κ3) is 6.01. The van der Waals surface area contributed by atoms with Gasteiger partial charge in [-0.3, -0.25) is 4.90 Å². The van der Waals surface area contributed by atoms with E-state index >= 15 is 0 Å². The first-order chi connectivity index (χ1) is 18.9. The summed E-state index contributed by atoms with van der Waals surface area (Å²) in [5.41, 5.74) is -0.289. The van der Waals surface area contributed by atoms with Gasteiger partial charge in [0.25, 0.3) is 0 Å². The number of aromatic nitrogens is 1. The van der Waals surface area contributed by atoms with Crippen LogP contribution in [0, 0.1) is 0 Å². The molecule has 2 aliphatic rings. The number of aromatic carboxylic acids is 1. The van der Waals surface area contributed by atoms with Crippen LogP contribution < -0.4 is 0 Å². The molecule has 0 unspecified atom stereocenters. The van der Waals surface area contributed by atoms with Crippen LogP contribution in [-0.2, 0) is 22.6 Å². The van der Waals surface area contributed by atoms with Crippen LogP contribution in [0.3, 0.4) is 0 Å². The zero-order valence-electron chi connectivity index (χ0n) is 22.2. The van der Waals surface area contributed by atoms with Gasteiger partial charge in [0.2, 0.25) is 0 Å². The molecule has 1 N–H and O–H groups in total. The molecule has 3 aromatic rings. The number of fused-ring (bicyclic) bond motifs is 1. The number of likely N-dealkylation sites (tertiary alicyclic amines) is 2. The monoisotopic (exact) mass is 575 g/mol. The fraction of sp³-hybridized carbons (Fsp3) is 0.448. The van der Waals surface area contributed by atoms with Crippen LogP contribution in [0.2, 0.25) is 0 Å². The number of benzene rings is 2. The summed E-state index contributed by atoms with van der Waals surface area (Å²) >= 11 is 0. The molecule has 214 valence electrons. The predicted octanol–water partition coefficient (Wildman–Crippen LogP) is 5.47. The third-order valence-corrected chi connectivity index (χ3v) is 9.12. The molecule has 0 amide bonds. The summed E-state index contributed by atoms with van der Waals surface area (Å²) in [6, 6.07) is 9.17. The van der Waals surface area contributed by atoms with Crippen LogP contribution >= 0.6 is 0 Å². The number of sulfone groups is 1. The van der Waals surface area contributed by atoms with Gasteiger partial charge < -0.3 is 10.0 Å². The molecule has 0 bridgehead atoms. The number of rotatable bonds is 6. The van der Waals surface area contributed by atoms with Crippen molar-refractivity contribution in [2.75, 3.05) is 32.4 Å². The molecule has 3 heterocycles. The van der Waals surface area contributed by atoms with E-state index in [9.17, 15) is 31.5 Å². The summed E-state index contributed by atoms with van der Waals surface area (Å²) in [6.07, 6.45) is 1.95. The molecule has 11 heteroatoms. The summed E-state index contributed by atoms with van der Waals surface area (Å²) in [5, 5.41) is 10.6. The van der Waals surface area contributed by atoms with Crippen LogP contribution in [0.25, 0.3) is 22.2 Å². The lowest BCUT2D eigenvalue weighted by Crippen LogP contribution is -2.46. The molecule has 2 saturated heterocycles. The molecule has 0 atom stereocenters. The molecule has 0 saturated carbocycles. The van der Waals surface area contributed by atoms with E-state index < -0.39 is 27.5 Å². The number of piperidine rings is 2. The number of pyridine rings is 1. The van der Waals surface area contributed by atoms with Crippen molar-refractivity contribution in [2.45, 2.75) is 55.8 Å². The van der Waals surface area contributed by atoms with Crippen molar-refractivity contribution >= 4 is 26.7 Å². The van der Waals surface area contributed by atoms with Crippen LogP contribution in [0.5, 0.6) is 0 Å². The Morgan fingerprint density at radius 2 is 1.73 bits per heavy atom. The van der Waals surface area contributed by atoms with Crippen molar-refractivity contribution in [1.82, 2.24) is 14.8 Å². The van der Waals surface area contributed by atoms with Gasteiger partial charge in [-0.1, -0.05) is 24.6 Å². The molecule has 5 rings (SSSR count). The first-order valence-electron chi connectivity index (χ1n) is 13.5. The summed E-state index contributed by atoms with van der Waals surface area (Å²) in [7, 11) is -3.63. The minimum absolute atomic E-state index is 0.0497. The number of halogens is 3. The number of hydrogen-bond donors (Lipinski definition) is 1. The van der Waals surface area contributed by atoms with E-state index in [1.54, 1.807) is 0 Å². The Labute approximate surface area is 231 Å². The van der Waals surface area contributed by atoms with Gasteiger partial charge in [-0.2, -0.15) is 13.2 Å². The minimum atomic E-state index is -4.59. The Kier molecular flexibility index (Phi) is 7.91. The highest BCUT2D eigenvalue weighted by Gasteiger charge is 2.32. The average molecular weight is 576 g/mol. The Balaban J connectivity index is 1.59. The second kappa shape index (κ2) is 11.1. The van der Waals surface area contributed by atoms with E-state index in [2.05, 4.69) is 14.8 Å². The number of carboxylic acids is 1. The molecule has 0 radical (unpaired) electrons. The highest BCUT2D eigenvalue weighted by Crippen LogP contribution is 2.36. The van der Waals surface area contributed by atoms with Crippen LogP contribution in [-0.4, -0.2) is 72.8 Å². The summed E-state index contributed by atoms with van der Waals surface area (Å²) < 4.78 is 65.2. The van der Waals surface area contributed by atoms with Crippen molar-refractivity contribution in [1.29, 1.82) is 0 Å². The van der Waals surface area contributed by atoms with Crippen LogP contribution in [0.1, 0.15) is 53.6 Å². The van der Waals surface area contributed by atoms with Gasteiger partial charge in [-0.05, 0) is 76.1 Å². The standard InChI is InChI=1S/C29H32F3N3O4S/c1-40(38,39)22-8-9-23-25(17-22)33-27(19-6-5-7-20(16-19)29(30,31)32)24(26(23)28(36)37)18-34-14-10-21(11-15-34)35-12-3-2-4-13-35/h5-9,16-17,21H,2-4,10-15,18H2,1H3,(H,36,37). The van der Waals surface area contributed by atoms with Crippen LogP contribution in [0.15, 0.2) is 47.4 Å². The highest BCUT2D eigenvalue weighted by molar-refractivity contribution is 7.90. The molecule has 40 heavy (non-hydrogen) atoms. The highest BCUT2D eigenvalue weighted by atomic mass is 32.2. The topological polar surface area (TPSA) is 90.8 Å². The summed E-state index contributed by atoms with van der Waals surface area (Å²) in [6.45, 7) is 3.85. The Morgan fingerprint density at radius 3 is 2.35 bits per heavy atom. The number of carboxylic acid groups (broad SMARTS) is 1. The van der Waals surface area contributed by atoms with Gasteiger partial charge in [0.15, 0.2) is 9.84 Å². The van der Waals surface area contributed by atoms with Gasteiger partial charge >= 0.3 is 12.1 Å². The van der Waals surface area contributed by atoms with Gasteiger partial charge in [0, 0.05) is 35.4 Å². The SMILES string of the molecule is CS(=O)(=O)c1ccc2c(C(=O)O)c(CN3CCC(N4CCCCC4)CC3)c(-c3cccc(C(F)(F)F)c3)nc2c1. The largest absolute Gasteiger partial charge is 0.478 e. The predicted molar refractivity (Wildman–Crippen MR) is 146 cm³/mol. The van der Waals surface area contributed by atoms with Crippen molar-refractivity contribution in [3.8, 4) is 11.3 Å². The number of nitrogens with zero attached hydrogens (tertiary/aromatic N) is 3. The van der Waals surface area contributed by atoms with E-state index in [0.717, 1.165) is 57.4 Å². The maximum absolute atomic E-state index is 13.6. The molecule has 1 aromatic heterocycles. The quantitative estimate of drug-likeness (QED) is 0.417. The van der Waals surface area contributed by atoms with Crippen molar-refractivity contribution in [3.63, 3.8) is 0 Å². The summed E-state index contributed by atoms with van der Waals surface area (Å²) in [4.78, 5) is 21.9. The lowest BCUT2D eigenvalue weighted by atomic mass is 9.94. The fourth-order valence-corrected chi connectivity index (χ4v) is 6.59. The zero-order chi connectivity index (χ0) is 28.7. The van der Waals surface area contributed by atoms with Crippen molar-refractivity contribution in [3.05, 3.63) is 59.2 Å². The number of alkyl halides is 3. The molecule has 2 aliphatic heterocycles. The molecule has 7 nitrogen and oxygen atoms in total. The lowest BCUT2D eigenvalue weighted by Gasteiger charge is -2.40. The second-order valence-electron chi connectivity index (χ2n) is 10.8. The first-order valence-corrected chi connectivity index (χ1v) is 15.3. The van der Waals surface area contributed by atoms with Crippen molar-refractivity contribution in [2.24, 2.45) is 0 Å².